The molecular weight excluding hydrogens is 311 g/mol. The smallest absolute Gasteiger partial charge is 0.190 e. The summed E-state index contributed by atoms with van der Waals surface area (Å²) in [6, 6.07) is 14.2. The average molecular weight is 328 g/mol. The van der Waals surface area contributed by atoms with Gasteiger partial charge in [0.15, 0.2) is 4.80 Å². The van der Waals surface area contributed by atoms with E-state index in [-0.39, 0.29) is 5.82 Å². The van der Waals surface area contributed by atoms with Crippen molar-refractivity contribution in [2.45, 2.75) is 13.5 Å². The summed E-state index contributed by atoms with van der Waals surface area (Å²) in [6.07, 6.45) is 0. The van der Waals surface area contributed by atoms with Gasteiger partial charge in [-0.3, -0.25) is 0 Å². The minimum atomic E-state index is -0.227. The van der Waals surface area contributed by atoms with Crippen LogP contribution in [0.3, 0.4) is 0 Å². The van der Waals surface area contributed by atoms with E-state index < -0.39 is 0 Å². The highest BCUT2D eigenvalue weighted by Gasteiger charge is 2.07. The van der Waals surface area contributed by atoms with Crippen LogP contribution in [0, 0.1) is 5.82 Å². The van der Waals surface area contributed by atoms with Crippen LogP contribution in [-0.4, -0.2) is 11.7 Å². The van der Waals surface area contributed by atoms with Crippen LogP contribution in [0.2, 0.25) is 0 Å². The molecule has 0 bridgehead atoms. The molecule has 0 aliphatic carbocycles. The maximum absolute atomic E-state index is 13.1. The van der Waals surface area contributed by atoms with E-state index in [4.69, 9.17) is 9.73 Å². The highest BCUT2D eigenvalue weighted by molar-refractivity contribution is 7.07. The second-order valence-corrected chi connectivity index (χ2v) is 5.80. The minimum Gasteiger partial charge on any atom is -0.497 e. The van der Waals surface area contributed by atoms with E-state index in [1.807, 2.05) is 24.3 Å². The van der Waals surface area contributed by atoms with Gasteiger partial charge in [-0.25, -0.2) is 9.38 Å². The van der Waals surface area contributed by atoms with E-state index in [0.29, 0.717) is 0 Å². The van der Waals surface area contributed by atoms with Gasteiger partial charge in [0.2, 0.25) is 0 Å². The van der Waals surface area contributed by atoms with Crippen LogP contribution < -0.4 is 9.54 Å². The summed E-state index contributed by atoms with van der Waals surface area (Å²) in [5, 5.41) is 2.05. The van der Waals surface area contributed by atoms with Gasteiger partial charge in [-0.1, -0.05) is 0 Å². The summed E-state index contributed by atoms with van der Waals surface area (Å²) in [4.78, 5) is 5.62. The molecule has 0 N–H and O–H groups in total. The topological polar surface area (TPSA) is 26.5 Å². The third kappa shape index (κ3) is 3.35. The fourth-order valence-electron chi connectivity index (χ4n) is 2.34. The summed E-state index contributed by atoms with van der Waals surface area (Å²) >= 11 is 1.58. The van der Waals surface area contributed by atoms with Crippen molar-refractivity contribution < 1.29 is 9.13 Å². The number of nitrogens with zero attached hydrogens (tertiary/aromatic N) is 2. The fourth-order valence-corrected chi connectivity index (χ4v) is 3.34. The molecule has 0 unspecified atom stereocenters. The second kappa shape index (κ2) is 6.79. The number of thiazole rings is 1. The van der Waals surface area contributed by atoms with Crippen molar-refractivity contribution in [3.63, 3.8) is 0 Å². The molecule has 0 spiro atoms. The summed E-state index contributed by atoms with van der Waals surface area (Å²) in [6.45, 7) is 2.87. The number of methoxy groups -OCH3 is 1. The number of aromatic nitrogens is 1. The monoisotopic (exact) mass is 328 g/mol. The van der Waals surface area contributed by atoms with Gasteiger partial charge < -0.3 is 9.30 Å². The standard InChI is InChI=1S/C18H17FN2OS/c1-3-21-17(13-4-6-14(19)7-5-13)12-23-18(21)20-15-8-10-16(22-2)11-9-15/h4-12H,3H2,1-2H3. The Bertz CT molecular complexity index is 848. The van der Waals surface area contributed by atoms with Gasteiger partial charge in [0.25, 0.3) is 0 Å². The van der Waals surface area contributed by atoms with Crippen LogP contribution in [0.4, 0.5) is 10.1 Å². The maximum Gasteiger partial charge on any atom is 0.190 e. The molecule has 0 saturated carbocycles. The van der Waals surface area contributed by atoms with E-state index >= 15 is 0 Å². The Morgan fingerprint density at radius 3 is 2.39 bits per heavy atom. The Balaban J connectivity index is 2.03. The lowest BCUT2D eigenvalue weighted by Crippen LogP contribution is -2.14. The first-order valence-corrected chi connectivity index (χ1v) is 8.22. The molecule has 23 heavy (non-hydrogen) atoms. The predicted molar refractivity (Wildman–Crippen MR) is 91.6 cm³/mol. The molecule has 0 atom stereocenters. The van der Waals surface area contributed by atoms with Crippen molar-refractivity contribution in [3.05, 3.63) is 64.5 Å². The lowest BCUT2D eigenvalue weighted by Gasteiger charge is -2.06. The molecule has 2 aromatic carbocycles. The van der Waals surface area contributed by atoms with Gasteiger partial charge >= 0.3 is 0 Å². The Kier molecular flexibility index (Phi) is 4.57. The van der Waals surface area contributed by atoms with Gasteiger partial charge in [-0.15, -0.1) is 11.3 Å². The van der Waals surface area contributed by atoms with Gasteiger partial charge in [0.05, 0.1) is 18.5 Å². The summed E-state index contributed by atoms with van der Waals surface area (Å²) in [5.41, 5.74) is 2.91. The second-order valence-electron chi connectivity index (χ2n) is 4.96. The largest absolute Gasteiger partial charge is 0.497 e. The summed E-state index contributed by atoms with van der Waals surface area (Å²) < 4.78 is 20.4. The zero-order chi connectivity index (χ0) is 16.2. The van der Waals surface area contributed by atoms with Crippen LogP contribution in [0.5, 0.6) is 5.75 Å². The number of rotatable bonds is 4. The average Bonchev–Trinajstić information content (AvgIpc) is 2.99. The van der Waals surface area contributed by atoms with Crippen molar-refractivity contribution in [2.24, 2.45) is 4.99 Å². The molecule has 0 aliphatic rings. The molecule has 0 fully saturated rings. The first kappa shape index (κ1) is 15.5. The molecule has 118 valence electrons. The molecular formula is C18H17FN2OS. The zero-order valence-corrected chi connectivity index (χ0v) is 13.8. The van der Waals surface area contributed by atoms with E-state index in [0.717, 1.165) is 34.0 Å². The quantitative estimate of drug-likeness (QED) is 0.686. The lowest BCUT2D eigenvalue weighted by molar-refractivity contribution is 0.415. The number of benzene rings is 2. The lowest BCUT2D eigenvalue weighted by atomic mass is 10.2. The molecule has 3 rings (SSSR count). The van der Waals surface area contributed by atoms with Gasteiger partial charge in [-0.05, 0) is 61.0 Å². The molecule has 0 saturated heterocycles. The van der Waals surface area contributed by atoms with E-state index in [9.17, 15) is 4.39 Å². The first-order chi connectivity index (χ1) is 11.2. The van der Waals surface area contributed by atoms with Crippen molar-refractivity contribution in [2.75, 3.05) is 7.11 Å². The molecule has 1 aromatic heterocycles. The van der Waals surface area contributed by atoms with Gasteiger partial charge in [0, 0.05) is 11.9 Å². The van der Waals surface area contributed by atoms with Crippen molar-refractivity contribution in [1.29, 1.82) is 0 Å². The first-order valence-electron chi connectivity index (χ1n) is 7.34. The highest BCUT2D eigenvalue weighted by Crippen LogP contribution is 2.22. The van der Waals surface area contributed by atoms with Crippen LogP contribution in [0.25, 0.3) is 11.3 Å². The number of halogens is 1. The molecule has 5 heteroatoms. The Morgan fingerprint density at radius 1 is 1.09 bits per heavy atom. The van der Waals surface area contributed by atoms with Gasteiger partial charge in [-0.2, -0.15) is 0 Å². The molecule has 0 aliphatic heterocycles. The van der Waals surface area contributed by atoms with Crippen LogP contribution in [0.1, 0.15) is 6.92 Å². The molecule has 3 aromatic rings. The fraction of sp³-hybridized carbons (Fsp3) is 0.167. The maximum atomic E-state index is 13.1. The normalized spacial score (nSPS) is 11.7. The van der Waals surface area contributed by atoms with E-state index in [1.54, 1.807) is 30.6 Å². The number of hydrogen-bond donors (Lipinski definition) is 0. The van der Waals surface area contributed by atoms with Crippen LogP contribution in [-0.2, 0) is 6.54 Å². The molecule has 1 heterocycles. The van der Waals surface area contributed by atoms with E-state index in [1.165, 1.54) is 12.1 Å². The van der Waals surface area contributed by atoms with Crippen molar-refractivity contribution in [3.8, 4) is 17.0 Å². The third-order valence-electron chi connectivity index (χ3n) is 3.55. The Hall–Kier alpha value is -2.40. The molecule has 0 amide bonds. The van der Waals surface area contributed by atoms with Crippen LogP contribution >= 0.6 is 11.3 Å². The number of ether oxygens (including phenoxy) is 1. The Morgan fingerprint density at radius 2 is 1.78 bits per heavy atom. The third-order valence-corrected chi connectivity index (χ3v) is 4.41. The van der Waals surface area contributed by atoms with Crippen molar-refractivity contribution >= 4 is 17.0 Å². The van der Waals surface area contributed by atoms with Crippen molar-refractivity contribution in [1.82, 2.24) is 4.57 Å². The predicted octanol–water partition coefficient (Wildman–Crippen LogP) is 4.62. The van der Waals surface area contributed by atoms with Gasteiger partial charge in [0.1, 0.15) is 11.6 Å². The Labute approximate surface area is 138 Å². The zero-order valence-electron chi connectivity index (χ0n) is 13.0. The summed E-state index contributed by atoms with van der Waals surface area (Å²) in [5.74, 6) is 0.584. The van der Waals surface area contributed by atoms with E-state index in [2.05, 4.69) is 16.9 Å². The highest BCUT2D eigenvalue weighted by atomic mass is 32.1. The SMILES string of the molecule is CCn1c(-c2ccc(F)cc2)csc1=Nc1ccc(OC)cc1. The number of hydrogen-bond acceptors (Lipinski definition) is 3. The molecule has 3 nitrogen and oxygen atoms in total. The molecule has 0 radical (unpaired) electrons. The van der Waals surface area contributed by atoms with Crippen LogP contribution in [0.15, 0.2) is 58.9 Å². The minimum absolute atomic E-state index is 0.227. The summed E-state index contributed by atoms with van der Waals surface area (Å²) in [7, 11) is 1.64.